The summed E-state index contributed by atoms with van der Waals surface area (Å²) in [5.41, 5.74) is 4.96. The van der Waals surface area contributed by atoms with Gasteiger partial charge in [0, 0.05) is 16.2 Å². The van der Waals surface area contributed by atoms with E-state index in [0.717, 1.165) is 16.5 Å². The molecule has 1 nitrogen and oxygen atoms in total. The molecule has 0 spiro atoms. The summed E-state index contributed by atoms with van der Waals surface area (Å²) in [7, 11) is 0. The largest absolute Gasteiger partial charge is 0.241 e. The van der Waals surface area contributed by atoms with Gasteiger partial charge < -0.3 is 0 Å². The SMILES string of the molecule is Cc1ccc(-c2nc(C)c(CS)s2)cc1C. The first-order chi connectivity index (χ1) is 7.61. The predicted octanol–water partition coefficient (Wildman–Crippen LogP) is 4.17. The van der Waals surface area contributed by atoms with Crippen molar-refractivity contribution in [3.05, 3.63) is 39.9 Å². The molecule has 0 aliphatic carbocycles. The zero-order valence-corrected chi connectivity index (χ0v) is 11.5. The Balaban J connectivity index is 2.46. The second-order valence-electron chi connectivity index (χ2n) is 3.98. The molecule has 2 aromatic rings. The van der Waals surface area contributed by atoms with Gasteiger partial charge in [-0.05, 0) is 38.0 Å². The molecule has 84 valence electrons. The maximum absolute atomic E-state index is 4.59. The van der Waals surface area contributed by atoms with Gasteiger partial charge in [-0.2, -0.15) is 12.6 Å². The summed E-state index contributed by atoms with van der Waals surface area (Å²) in [6, 6.07) is 6.50. The molecular weight excluding hydrogens is 234 g/mol. The molecule has 0 bridgehead atoms. The Morgan fingerprint density at radius 2 is 1.94 bits per heavy atom. The van der Waals surface area contributed by atoms with Crippen molar-refractivity contribution in [2.45, 2.75) is 26.5 Å². The Morgan fingerprint density at radius 3 is 2.50 bits per heavy atom. The van der Waals surface area contributed by atoms with E-state index in [-0.39, 0.29) is 0 Å². The van der Waals surface area contributed by atoms with Crippen molar-refractivity contribution >= 4 is 24.0 Å². The van der Waals surface area contributed by atoms with Crippen LogP contribution in [0.15, 0.2) is 18.2 Å². The maximum atomic E-state index is 4.59. The minimum atomic E-state index is 0.772. The fourth-order valence-corrected chi connectivity index (χ4v) is 2.91. The molecule has 0 fully saturated rings. The molecule has 0 saturated carbocycles. The zero-order chi connectivity index (χ0) is 11.7. The standard InChI is InChI=1S/C13H15NS2/c1-8-4-5-11(6-9(8)2)13-14-10(3)12(7-15)16-13/h4-6,15H,7H2,1-3H3. The van der Waals surface area contributed by atoms with Gasteiger partial charge in [0.25, 0.3) is 0 Å². The van der Waals surface area contributed by atoms with E-state index < -0.39 is 0 Å². The molecule has 0 aliphatic heterocycles. The lowest BCUT2D eigenvalue weighted by atomic mass is 10.1. The topological polar surface area (TPSA) is 12.9 Å². The minimum Gasteiger partial charge on any atom is -0.241 e. The summed E-state index contributed by atoms with van der Waals surface area (Å²) in [5, 5.41) is 1.10. The summed E-state index contributed by atoms with van der Waals surface area (Å²) < 4.78 is 0. The first-order valence-corrected chi connectivity index (χ1v) is 6.71. The Labute approximate surface area is 106 Å². The van der Waals surface area contributed by atoms with Gasteiger partial charge in [0.15, 0.2) is 0 Å². The molecule has 0 atom stereocenters. The van der Waals surface area contributed by atoms with Gasteiger partial charge >= 0.3 is 0 Å². The molecule has 0 N–H and O–H groups in total. The van der Waals surface area contributed by atoms with Crippen LogP contribution in [0.25, 0.3) is 10.6 Å². The van der Waals surface area contributed by atoms with Gasteiger partial charge in [0.05, 0.1) is 5.69 Å². The highest BCUT2D eigenvalue weighted by Gasteiger charge is 2.08. The van der Waals surface area contributed by atoms with Crippen molar-refractivity contribution in [2.24, 2.45) is 0 Å². The molecule has 1 aromatic heterocycles. The Morgan fingerprint density at radius 1 is 1.19 bits per heavy atom. The highest BCUT2D eigenvalue weighted by molar-refractivity contribution is 7.79. The quantitative estimate of drug-likeness (QED) is 0.788. The van der Waals surface area contributed by atoms with E-state index in [1.165, 1.54) is 21.6 Å². The predicted molar refractivity (Wildman–Crippen MR) is 74.5 cm³/mol. The van der Waals surface area contributed by atoms with Crippen molar-refractivity contribution in [1.29, 1.82) is 0 Å². The van der Waals surface area contributed by atoms with Crippen molar-refractivity contribution in [2.75, 3.05) is 0 Å². The van der Waals surface area contributed by atoms with Crippen LogP contribution in [-0.4, -0.2) is 4.98 Å². The molecule has 3 heteroatoms. The number of thiol groups is 1. The van der Waals surface area contributed by atoms with Crippen molar-refractivity contribution in [3.8, 4) is 10.6 Å². The number of rotatable bonds is 2. The van der Waals surface area contributed by atoms with E-state index in [2.05, 4.69) is 49.7 Å². The summed E-state index contributed by atoms with van der Waals surface area (Å²) in [5.74, 6) is 0.772. The van der Waals surface area contributed by atoms with Crippen LogP contribution in [0.3, 0.4) is 0 Å². The smallest absolute Gasteiger partial charge is 0.123 e. The van der Waals surface area contributed by atoms with Crippen molar-refractivity contribution in [3.63, 3.8) is 0 Å². The lowest BCUT2D eigenvalue weighted by Crippen LogP contribution is -1.83. The average Bonchev–Trinajstić information content (AvgIpc) is 2.64. The van der Waals surface area contributed by atoms with E-state index in [1.807, 2.05) is 6.92 Å². The van der Waals surface area contributed by atoms with Crippen LogP contribution in [0.5, 0.6) is 0 Å². The van der Waals surface area contributed by atoms with E-state index >= 15 is 0 Å². The van der Waals surface area contributed by atoms with Crippen molar-refractivity contribution in [1.82, 2.24) is 4.98 Å². The molecule has 0 saturated heterocycles. The molecular formula is C13H15NS2. The highest BCUT2D eigenvalue weighted by Crippen LogP contribution is 2.29. The van der Waals surface area contributed by atoms with E-state index in [4.69, 9.17) is 0 Å². The molecule has 0 amide bonds. The summed E-state index contributed by atoms with van der Waals surface area (Å²) in [6.45, 7) is 6.32. The second-order valence-corrected chi connectivity index (χ2v) is 5.38. The minimum absolute atomic E-state index is 0.772. The van der Waals surface area contributed by atoms with Gasteiger partial charge in [-0.3, -0.25) is 0 Å². The third-order valence-corrected chi connectivity index (χ3v) is 4.53. The van der Waals surface area contributed by atoms with Crippen LogP contribution in [0.4, 0.5) is 0 Å². The van der Waals surface area contributed by atoms with Crippen LogP contribution in [0.2, 0.25) is 0 Å². The number of hydrogen-bond donors (Lipinski definition) is 1. The van der Waals surface area contributed by atoms with Crippen LogP contribution >= 0.6 is 24.0 Å². The fraction of sp³-hybridized carbons (Fsp3) is 0.308. The molecule has 1 aromatic carbocycles. The number of benzene rings is 1. The first-order valence-electron chi connectivity index (χ1n) is 5.26. The molecule has 0 aliphatic rings. The number of hydrogen-bond acceptors (Lipinski definition) is 3. The molecule has 1 heterocycles. The van der Waals surface area contributed by atoms with Crippen LogP contribution < -0.4 is 0 Å². The lowest BCUT2D eigenvalue weighted by molar-refractivity contribution is 1.22. The van der Waals surface area contributed by atoms with E-state index in [0.29, 0.717) is 0 Å². The summed E-state index contributed by atoms with van der Waals surface area (Å²) in [6.07, 6.45) is 0. The van der Waals surface area contributed by atoms with Gasteiger partial charge in [0.1, 0.15) is 5.01 Å². The normalized spacial score (nSPS) is 10.8. The molecule has 0 radical (unpaired) electrons. The van der Waals surface area contributed by atoms with Crippen LogP contribution in [0, 0.1) is 20.8 Å². The van der Waals surface area contributed by atoms with Crippen molar-refractivity contribution < 1.29 is 0 Å². The summed E-state index contributed by atoms with van der Waals surface area (Å²) >= 11 is 6.05. The van der Waals surface area contributed by atoms with Crippen LogP contribution in [0.1, 0.15) is 21.7 Å². The number of nitrogens with zero attached hydrogens (tertiary/aromatic N) is 1. The Bertz CT molecular complexity index is 515. The molecule has 2 rings (SSSR count). The summed E-state index contributed by atoms with van der Waals surface area (Å²) in [4.78, 5) is 5.85. The monoisotopic (exact) mass is 249 g/mol. The zero-order valence-electron chi connectivity index (χ0n) is 9.74. The third kappa shape index (κ3) is 2.15. The van der Waals surface area contributed by atoms with Crippen LogP contribution in [-0.2, 0) is 5.75 Å². The lowest BCUT2D eigenvalue weighted by Gasteiger charge is -2.01. The maximum Gasteiger partial charge on any atom is 0.123 e. The third-order valence-electron chi connectivity index (χ3n) is 2.79. The van der Waals surface area contributed by atoms with Gasteiger partial charge in [-0.15, -0.1) is 11.3 Å². The van der Waals surface area contributed by atoms with Gasteiger partial charge in [-0.1, -0.05) is 12.1 Å². The first kappa shape index (κ1) is 11.7. The average molecular weight is 249 g/mol. The highest BCUT2D eigenvalue weighted by atomic mass is 32.1. The van der Waals surface area contributed by atoms with E-state index in [1.54, 1.807) is 11.3 Å². The Kier molecular flexibility index (Phi) is 3.36. The number of thiazole rings is 1. The second kappa shape index (κ2) is 4.60. The number of aromatic nitrogens is 1. The van der Waals surface area contributed by atoms with Gasteiger partial charge in [-0.25, -0.2) is 4.98 Å². The van der Waals surface area contributed by atoms with E-state index in [9.17, 15) is 0 Å². The fourth-order valence-electron chi connectivity index (χ4n) is 1.57. The molecule has 0 unspecified atom stereocenters. The molecule has 16 heavy (non-hydrogen) atoms. The Hall–Kier alpha value is -0.800. The van der Waals surface area contributed by atoms with Gasteiger partial charge in [0.2, 0.25) is 0 Å². The number of aryl methyl sites for hydroxylation is 3.